The quantitative estimate of drug-likeness (QED) is 0.202. The smallest absolute Gasteiger partial charge is 0.0619 e. The number of hydrogen-bond acceptors (Lipinski definition) is 0. The Kier molecular flexibility index (Phi) is 5.67. The highest BCUT2D eigenvalue weighted by molar-refractivity contribution is 6.14. The molecule has 0 amide bonds. The van der Waals surface area contributed by atoms with Crippen LogP contribution in [-0.2, 0) is 6.42 Å². The van der Waals surface area contributed by atoms with Gasteiger partial charge in [0.25, 0.3) is 0 Å². The van der Waals surface area contributed by atoms with Gasteiger partial charge < -0.3 is 9.13 Å². The molecule has 2 heteroatoms. The lowest BCUT2D eigenvalue weighted by Gasteiger charge is -2.20. The first-order valence-electron chi connectivity index (χ1n) is 15.4. The third-order valence-electron chi connectivity index (χ3n) is 9.20. The van der Waals surface area contributed by atoms with Crippen LogP contribution in [0.2, 0.25) is 0 Å². The minimum absolute atomic E-state index is 1.01. The zero-order chi connectivity index (χ0) is 29.0. The van der Waals surface area contributed by atoms with Gasteiger partial charge in [-0.05, 0) is 65.9 Å². The van der Waals surface area contributed by atoms with E-state index in [0.29, 0.717) is 0 Å². The summed E-state index contributed by atoms with van der Waals surface area (Å²) in [6.45, 7) is 0. The summed E-state index contributed by atoms with van der Waals surface area (Å²) >= 11 is 0. The van der Waals surface area contributed by atoms with Crippen LogP contribution in [0.3, 0.4) is 0 Å². The van der Waals surface area contributed by atoms with Crippen LogP contribution in [0, 0.1) is 0 Å². The molecule has 0 saturated carbocycles. The molecule has 0 aliphatic heterocycles. The van der Waals surface area contributed by atoms with Crippen LogP contribution in [0.25, 0.3) is 60.8 Å². The zero-order valence-electron chi connectivity index (χ0n) is 24.3. The van der Waals surface area contributed by atoms with Crippen molar-refractivity contribution in [3.63, 3.8) is 0 Å². The first-order valence-corrected chi connectivity index (χ1v) is 15.4. The van der Waals surface area contributed by atoms with Crippen molar-refractivity contribution in [1.29, 1.82) is 0 Å². The lowest BCUT2D eigenvalue weighted by molar-refractivity contribution is 0.884. The van der Waals surface area contributed by atoms with Gasteiger partial charge in [0.05, 0.1) is 16.6 Å². The second-order valence-corrected chi connectivity index (χ2v) is 11.6. The molecule has 6 aromatic carbocycles. The number of para-hydroxylation sites is 4. The number of rotatable bonds is 4. The van der Waals surface area contributed by atoms with Crippen LogP contribution < -0.4 is 0 Å². The van der Waals surface area contributed by atoms with E-state index >= 15 is 0 Å². The number of fused-ring (bicyclic) bond motifs is 6. The average molecular weight is 563 g/mol. The highest BCUT2D eigenvalue weighted by atomic mass is 15.0. The summed E-state index contributed by atoms with van der Waals surface area (Å²) in [7, 11) is 0. The molecule has 9 rings (SSSR count). The Labute approximate surface area is 256 Å². The van der Waals surface area contributed by atoms with Gasteiger partial charge in [-0.3, -0.25) is 0 Å². The van der Waals surface area contributed by atoms with Gasteiger partial charge in [-0.15, -0.1) is 0 Å². The molecule has 0 N–H and O–H groups in total. The number of hydrogen-bond donors (Lipinski definition) is 0. The van der Waals surface area contributed by atoms with Crippen LogP contribution in [-0.4, -0.2) is 9.13 Å². The highest BCUT2D eigenvalue weighted by Gasteiger charge is 2.26. The van der Waals surface area contributed by atoms with E-state index in [9.17, 15) is 0 Å². The molecular weight excluding hydrogens is 532 g/mol. The molecular formula is C42H30N2. The summed E-state index contributed by atoms with van der Waals surface area (Å²) in [5.41, 5.74) is 14.0. The molecule has 2 heterocycles. The number of nitrogens with zero attached hydrogens (tertiary/aromatic N) is 2. The van der Waals surface area contributed by atoms with Gasteiger partial charge in [0.1, 0.15) is 0 Å². The lowest BCUT2D eigenvalue weighted by atomic mass is 9.88. The van der Waals surface area contributed by atoms with Crippen molar-refractivity contribution in [2.24, 2.45) is 0 Å². The lowest BCUT2D eigenvalue weighted by Crippen LogP contribution is -2.06. The van der Waals surface area contributed by atoms with Gasteiger partial charge in [-0.1, -0.05) is 121 Å². The van der Waals surface area contributed by atoms with Gasteiger partial charge in [0.2, 0.25) is 0 Å². The van der Waals surface area contributed by atoms with Crippen molar-refractivity contribution < 1.29 is 0 Å². The number of benzene rings is 6. The van der Waals surface area contributed by atoms with Crippen LogP contribution in [0.5, 0.6) is 0 Å². The molecule has 1 aliphatic carbocycles. The SMILES string of the molecule is C1=C(c2cccc3c4ccccc4n(-c4ccc(-c5ccccc5)cc4)c23)c2c(n(-c3ccccc3)c3ccccc23)CC1. The molecule has 1 aliphatic rings. The van der Waals surface area contributed by atoms with E-state index in [1.165, 1.54) is 77.6 Å². The molecule has 0 radical (unpaired) electrons. The Morgan fingerprint density at radius 1 is 0.432 bits per heavy atom. The summed E-state index contributed by atoms with van der Waals surface area (Å²) in [4.78, 5) is 0. The average Bonchev–Trinajstić information content (AvgIpc) is 3.62. The Hall–Kier alpha value is -5.60. The molecule has 2 nitrogen and oxygen atoms in total. The van der Waals surface area contributed by atoms with E-state index in [-0.39, 0.29) is 0 Å². The van der Waals surface area contributed by atoms with E-state index < -0.39 is 0 Å². The van der Waals surface area contributed by atoms with E-state index in [1.807, 2.05) is 0 Å². The monoisotopic (exact) mass is 562 g/mol. The van der Waals surface area contributed by atoms with Crippen LogP contribution in [0.4, 0.5) is 0 Å². The third-order valence-corrected chi connectivity index (χ3v) is 9.20. The molecule has 2 aromatic heterocycles. The maximum Gasteiger partial charge on any atom is 0.0619 e. The van der Waals surface area contributed by atoms with E-state index in [0.717, 1.165) is 12.8 Å². The first-order chi connectivity index (χ1) is 21.9. The van der Waals surface area contributed by atoms with E-state index in [2.05, 4.69) is 167 Å². The Morgan fingerprint density at radius 3 is 1.80 bits per heavy atom. The molecule has 0 bridgehead atoms. The predicted octanol–water partition coefficient (Wildman–Crippen LogP) is 10.8. The standard InChI is InChI=1S/C42H30N2/c1-3-13-29(14-4-1)30-25-27-32(28-26-30)44-38-22-9-7-17-33(38)35-20-11-21-36(42(35)44)34-19-12-24-40-41(34)37-18-8-10-23-39(37)43(40)31-15-5-2-6-16-31/h1-11,13-23,25-28H,12,24H2. The second kappa shape index (κ2) is 10.00. The van der Waals surface area contributed by atoms with Crippen molar-refractivity contribution in [2.75, 3.05) is 0 Å². The fraction of sp³-hybridized carbons (Fsp3) is 0.0476. The Bertz CT molecular complexity index is 2350. The van der Waals surface area contributed by atoms with Gasteiger partial charge in [-0.25, -0.2) is 0 Å². The number of allylic oxidation sites excluding steroid dienone is 1. The highest BCUT2D eigenvalue weighted by Crippen LogP contribution is 2.44. The topological polar surface area (TPSA) is 9.86 Å². The number of aromatic nitrogens is 2. The molecule has 0 unspecified atom stereocenters. The molecule has 44 heavy (non-hydrogen) atoms. The van der Waals surface area contributed by atoms with Crippen molar-refractivity contribution in [1.82, 2.24) is 9.13 Å². The third kappa shape index (κ3) is 3.74. The summed E-state index contributed by atoms with van der Waals surface area (Å²) in [5.74, 6) is 0. The molecule has 0 atom stereocenters. The molecule has 0 fully saturated rings. The summed E-state index contributed by atoms with van der Waals surface area (Å²) in [6.07, 6.45) is 4.50. The summed E-state index contributed by atoms with van der Waals surface area (Å²) < 4.78 is 4.95. The van der Waals surface area contributed by atoms with E-state index in [1.54, 1.807) is 0 Å². The van der Waals surface area contributed by atoms with Crippen molar-refractivity contribution >= 4 is 38.3 Å². The van der Waals surface area contributed by atoms with Gasteiger partial charge >= 0.3 is 0 Å². The fourth-order valence-electron chi connectivity index (χ4n) is 7.34. The van der Waals surface area contributed by atoms with Gasteiger partial charge in [0.15, 0.2) is 0 Å². The molecule has 208 valence electrons. The second-order valence-electron chi connectivity index (χ2n) is 11.6. The molecule has 0 saturated heterocycles. The minimum atomic E-state index is 1.01. The van der Waals surface area contributed by atoms with Crippen LogP contribution in [0.15, 0.2) is 158 Å². The van der Waals surface area contributed by atoms with Crippen LogP contribution in [0.1, 0.15) is 23.2 Å². The molecule has 8 aromatic rings. The van der Waals surface area contributed by atoms with Crippen LogP contribution >= 0.6 is 0 Å². The first kappa shape index (κ1) is 24.9. The fourth-order valence-corrected chi connectivity index (χ4v) is 7.34. The Morgan fingerprint density at radius 2 is 1.02 bits per heavy atom. The normalized spacial score (nSPS) is 13.0. The maximum absolute atomic E-state index is 2.48. The van der Waals surface area contributed by atoms with E-state index in [4.69, 9.17) is 0 Å². The van der Waals surface area contributed by atoms with Crippen molar-refractivity contribution in [2.45, 2.75) is 12.8 Å². The largest absolute Gasteiger partial charge is 0.313 e. The molecule has 0 spiro atoms. The Balaban J connectivity index is 1.31. The summed E-state index contributed by atoms with van der Waals surface area (Å²) in [6, 6.07) is 55.1. The summed E-state index contributed by atoms with van der Waals surface area (Å²) in [5, 5.41) is 3.87. The van der Waals surface area contributed by atoms with Crippen molar-refractivity contribution in [3.05, 3.63) is 175 Å². The van der Waals surface area contributed by atoms with Crippen molar-refractivity contribution in [3.8, 4) is 22.5 Å². The van der Waals surface area contributed by atoms with Gasteiger partial charge in [-0.2, -0.15) is 0 Å². The zero-order valence-corrected chi connectivity index (χ0v) is 24.3. The minimum Gasteiger partial charge on any atom is -0.313 e. The predicted molar refractivity (Wildman–Crippen MR) is 185 cm³/mol. The maximum atomic E-state index is 2.48. The van der Waals surface area contributed by atoms with Gasteiger partial charge in [0, 0.05) is 44.4 Å².